The average molecular weight is 412 g/mol. The summed E-state index contributed by atoms with van der Waals surface area (Å²) in [6.07, 6.45) is 2.90. The van der Waals surface area contributed by atoms with Gasteiger partial charge in [-0.3, -0.25) is 4.99 Å². The van der Waals surface area contributed by atoms with Crippen LogP contribution >= 0.6 is 39.1 Å². The molecule has 2 aromatic rings. The maximum atomic E-state index is 6.46. The monoisotopic (exact) mass is 410 g/mol. The molecule has 1 unspecified atom stereocenters. The van der Waals surface area contributed by atoms with Crippen LogP contribution < -0.4 is 5.32 Å². The molecule has 5 heteroatoms. The van der Waals surface area contributed by atoms with Crippen LogP contribution in [0.2, 0.25) is 10.0 Å². The van der Waals surface area contributed by atoms with E-state index in [2.05, 4.69) is 38.4 Å². The van der Waals surface area contributed by atoms with Crippen LogP contribution in [0.3, 0.4) is 0 Å². The maximum Gasteiger partial charge on any atom is 0.0968 e. The van der Waals surface area contributed by atoms with E-state index in [0.717, 1.165) is 41.7 Å². The zero-order valence-electron chi connectivity index (χ0n) is 12.5. The summed E-state index contributed by atoms with van der Waals surface area (Å²) in [4.78, 5) is 4.53. The van der Waals surface area contributed by atoms with Crippen molar-refractivity contribution in [1.82, 2.24) is 5.32 Å². The highest BCUT2D eigenvalue weighted by Gasteiger charge is 2.20. The number of nitrogens with zero attached hydrogens (tertiary/aromatic N) is 1. The summed E-state index contributed by atoms with van der Waals surface area (Å²) in [5.41, 5.74) is 2.23. The molecular weight excluding hydrogens is 395 g/mol. The maximum absolute atomic E-state index is 6.46. The highest BCUT2D eigenvalue weighted by molar-refractivity contribution is 9.10. The number of rotatable bonds is 4. The molecule has 1 aliphatic heterocycles. The molecule has 1 N–H and O–H groups in total. The molecule has 3 rings (SSSR count). The van der Waals surface area contributed by atoms with Gasteiger partial charge in [0.25, 0.3) is 0 Å². The highest BCUT2D eigenvalue weighted by Crippen LogP contribution is 2.33. The van der Waals surface area contributed by atoms with Gasteiger partial charge >= 0.3 is 0 Å². The molecule has 1 atom stereocenters. The third-order valence-electron chi connectivity index (χ3n) is 3.95. The van der Waals surface area contributed by atoms with E-state index in [4.69, 9.17) is 23.2 Å². The minimum atomic E-state index is 0.0387. The molecule has 0 amide bonds. The van der Waals surface area contributed by atoms with Gasteiger partial charge in [0.1, 0.15) is 0 Å². The molecule has 0 aromatic heterocycles. The largest absolute Gasteiger partial charge is 0.367 e. The Balaban J connectivity index is 1.93. The predicted octanol–water partition coefficient (Wildman–Crippen LogP) is 5.82. The summed E-state index contributed by atoms with van der Waals surface area (Å²) >= 11 is 16.3. The topological polar surface area (TPSA) is 24.4 Å². The number of hydrogen-bond acceptors (Lipinski definition) is 2. The van der Waals surface area contributed by atoms with Gasteiger partial charge in [-0.15, -0.1) is 0 Å². The Bertz CT molecular complexity index is 731. The van der Waals surface area contributed by atoms with Crippen molar-refractivity contribution in [2.75, 3.05) is 6.54 Å². The molecule has 0 spiro atoms. The molecule has 0 aliphatic carbocycles. The molecular formula is C18H17BrCl2N2. The van der Waals surface area contributed by atoms with Crippen molar-refractivity contribution in [3.63, 3.8) is 0 Å². The van der Waals surface area contributed by atoms with Gasteiger partial charge < -0.3 is 5.32 Å². The van der Waals surface area contributed by atoms with Crippen LogP contribution in [-0.4, -0.2) is 12.4 Å². The fourth-order valence-electron chi connectivity index (χ4n) is 2.77. The first-order valence-electron chi connectivity index (χ1n) is 7.62. The Kier molecular flexibility index (Phi) is 5.62. The molecule has 0 fully saturated rings. The van der Waals surface area contributed by atoms with Crippen molar-refractivity contribution in [2.45, 2.75) is 25.3 Å². The molecule has 2 nitrogen and oxygen atoms in total. The lowest BCUT2D eigenvalue weighted by molar-refractivity contribution is 0.637. The standard InChI is InChI=1S/C18H17BrCl2N2/c19-14-7-2-1-5-12(14)11-16(23-17-9-4-10-22-17)13-6-3-8-15(20)18(13)21/h1-3,5-8,16H,4,9-11H2,(H,22,23). The van der Waals surface area contributed by atoms with E-state index in [1.165, 1.54) is 5.56 Å². The number of amidine groups is 1. The molecule has 0 saturated heterocycles. The van der Waals surface area contributed by atoms with Crippen molar-refractivity contribution in [3.8, 4) is 0 Å². The fourth-order valence-corrected chi connectivity index (χ4v) is 3.66. The van der Waals surface area contributed by atoms with Crippen LogP contribution in [-0.2, 0) is 6.42 Å². The summed E-state index contributed by atoms with van der Waals surface area (Å²) in [5.74, 6) is 1.05. The molecule has 120 valence electrons. The first-order valence-corrected chi connectivity index (χ1v) is 9.17. The van der Waals surface area contributed by atoms with E-state index in [9.17, 15) is 0 Å². The molecule has 0 saturated carbocycles. The SMILES string of the molecule is Clc1cccc(C(Cc2ccccc2Br)NC2=NCCC2)c1Cl. The lowest BCUT2D eigenvalue weighted by atomic mass is 9.98. The number of hydrogen-bond donors (Lipinski definition) is 1. The molecule has 0 bridgehead atoms. The highest BCUT2D eigenvalue weighted by atomic mass is 79.9. The summed E-state index contributed by atoms with van der Waals surface area (Å²) < 4.78 is 1.10. The zero-order chi connectivity index (χ0) is 16.2. The lowest BCUT2D eigenvalue weighted by Crippen LogP contribution is -2.29. The molecule has 2 aromatic carbocycles. The summed E-state index contributed by atoms with van der Waals surface area (Å²) in [6, 6.07) is 14.1. The van der Waals surface area contributed by atoms with Crippen LogP contribution in [0.25, 0.3) is 0 Å². The minimum absolute atomic E-state index is 0.0387. The van der Waals surface area contributed by atoms with E-state index >= 15 is 0 Å². The fraction of sp³-hybridized carbons (Fsp3) is 0.278. The third kappa shape index (κ3) is 4.09. The van der Waals surface area contributed by atoms with Crippen LogP contribution in [0.4, 0.5) is 0 Å². The number of halogens is 3. The summed E-state index contributed by atoms with van der Waals surface area (Å²) in [6.45, 7) is 0.896. The number of benzene rings is 2. The van der Waals surface area contributed by atoms with Gasteiger partial charge in [0.05, 0.1) is 21.9 Å². The van der Waals surface area contributed by atoms with Crippen molar-refractivity contribution in [1.29, 1.82) is 0 Å². The second-order valence-electron chi connectivity index (χ2n) is 5.57. The normalized spacial score (nSPS) is 15.3. The van der Waals surface area contributed by atoms with Gasteiger partial charge in [0.15, 0.2) is 0 Å². The van der Waals surface area contributed by atoms with E-state index in [1.807, 2.05) is 30.3 Å². The Hall–Kier alpha value is -1.03. The van der Waals surface area contributed by atoms with Crippen LogP contribution in [0.1, 0.15) is 30.0 Å². The molecule has 1 heterocycles. The van der Waals surface area contributed by atoms with E-state index in [1.54, 1.807) is 0 Å². The smallest absolute Gasteiger partial charge is 0.0968 e. The van der Waals surface area contributed by atoms with Crippen molar-refractivity contribution >= 4 is 45.0 Å². The quantitative estimate of drug-likeness (QED) is 0.673. The molecule has 0 radical (unpaired) electrons. The van der Waals surface area contributed by atoms with Gasteiger partial charge in [-0.2, -0.15) is 0 Å². The van der Waals surface area contributed by atoms with Crippen LogP contribution in [0.5, 0.6) is 0 Å². The van der Waals surface area contributed by atoms with Crippen molar-refractivity contribution in [2.24, 2.45) is 4.99 Å². The Morgan fingerprint density at radius 3 is 2.70 bits per heavy atom. The second-order valence-corrected chi connectivity index (χ2v) is 7.21. The second kappa shape index (κ2) is 7.69. The van der Waals surface area contributed by atoms with Gasteiger partial charge in [0, 0.05) is 17.4 Å². The van der Waals surface area contributed by atoms with Crippen LogP contribution in [0, 0.1) is 0 Å². The minimum Gasteiger partial charge on any atom is -0.367 e. The molecule has 23 heavy (non-hydrogen) atoms. The van der Waals surface area contributed by atoms with Crippen molar-refractivity contribution in [3.05, 3.63) is 68.1 Å². The van der Waals surface area contributed by atoms with E-state index < -0.39 is 0 Å². The van der Waals surface area contributed by atoms with Gasteiger partial charge in [-0.05, 0) is 36.1 Å². The first-order chi connectivity index (χ1) is 11.1. The first kappa shape index (κ1) is 16.8. The van der Waals surface area contributed by atoms with Gasteiger partial charge in [-0.1, -0.05) is 69.5 Å². The van der Waals surface area contributed by atoms with Crippen molar-refractivity contribution < 1.29 is 0 Å². The summed E-state index contributed by atoms with van der Waals surface area (Å²) in [5, 5.41) is 4.75. The van der Waals surface area contributed by atoms with Crippen LogP contribution in [0.15, 0.2) is 51.9 Å². The third-order valence-corrected chi connectivity index (χ3v) is 5.56. The Morgan fingerprint density at radius 2 is 1.96 bits per heavy atom. The number of aliphatic imine (C=N–C) groups is 1. The van der Waals surface area contributed by atoms with Gasteiger partial charge in [-0.25, -0.2) is 0 Å². The van der Waals surface area contributed by atoms with Gasteiger partial charge in [0.2, 0.25) is 0 Å². The average Bonchev–Trinajstić information content (AvgIpc) is 3.05. The summed E-state index contributed by atoms with van der Waals surface area (Å²) in [7, 11) is 0. The van der Waals surface area contributed by atoms with E-state index in [0.29, 0.717) is 10.0 Å². The number of nitrogens with one attached hydrogen (secondary N) is 1. The van der Waals surface area contributed by atoms with E-state index in [-0.39, 0.29) is 6.04 Å². The lowest BCUT2D eigenvalue weighted by Gasteiger charge is -2.22. The predicted molar refractivity (Wildman–Crippen MR) is 102 cm³/mol. The molecule has 1 aliphatic rings. The Labute approximate surface area is 155 Å². The zero-order valence-corrected chi connectivity index (χ0v) is 15.6. The Morgan fingerprint density at radius 1 is 1.13 bits per heavy atom.